The molecule has 35 heavy (non-hydrogen) atoms. The van der Waals surface area contributed by atoms with E-state index in [1.54, 1.807) is 30.3 Å². The molecule has 0 aliphatic carbocycles. The fraction of sp³-hybridized carbons (Fsp3) is 0.115. The lowest BCUT2D eigenvalue weighted by Crippen LogP contribution is -2.21. The van der Waals surface area contributed by atoms with Gasteiger partial charge in [-0.15, -0.1) is 0 Å². The first-order valence-corrected chi connectivity index (χ1v) is 12.5. The average Bonchev–Trinajstić information content (AvgIpc) is 2.87. The molecule has 0 saturated heterocycles. The van der Waals surface area contributed by atoms with E-state index in [4.69, 9.17) is 34.5 Å². The predicted octanol–water partition coefficient (Wildman–Crippen LogP) is 4.58. The van der Waals surface area contributed by atoms with E-state index in [-0.39, 0.29) is 11.7 Å². The van der Waals surface area contributed by atoms with Gasteiger partial charge in [0.1, 0.15) is 22.6 Å². The molecule has 4 rings (SSSR count). The van der Waals surface area contributed by atoms with Crippen LogP contribution in [0.3, 0.4) is 0 Å². The van der Waals surface area contributed by atoms with Gasteiger partial charge in [-0.2, -0.15) is 0 Å². The molecule has 9 N–H and O–H groups in total. The second-order valence-electron chi connectivity index (χ2n) is 7.71. The second-order valence-corrected chi connectivity index (χ2v) is 9.45. The molecule has 3 aromatic carbocycles. The Kier molecular flexibility index (Phi) is 9.48. The van der Waals surface area contributed by atoms with Gasteiger partial charge in [0.2, 0.25) is 0 Å². The maximum atomic E-state index is 12.4. The lowest BCUT2D eigenvalue weighted by molar-refractivity contribution is 0.655. The minimum absolute atomic E-state index is 0.0425. The standard InChI is InChI=1S/C20H23N5OS.C6H6ClN/c21-18-13-17(19(22)20(23)25-18)16(14-7-3-1-4-8-14)11-12-24-27(26)15-9-5-2-6-10-15;7-5-1-3-6(8)4-2-5/h1-10,13,16,24H,11-12,22H2,(H4,21,23,25);1-4H,8H2. The van der Waals surface area contributed by atoms with Crippen LogP contribution in [0.5, 0.6) is 0 Å². The number of rotatable bonds is 7. The van der Waals surface area contributed by atoms with Gasteiger partial charge in [-0.1, -0.05) is 60.1 Å². The van der Waals surface area contributed by atoms with Crippen LogP contribution in [0.15, 0.2) is 95.9 Å². The maximum Gasteiger partial charge on any atom is 0.149 e. The minimum atomic E-state index is -1.27. The van der Waals surface area contributed by atoms with E-state index in [1.807, 2.05) is 60.7 Å². The van der Waals surface area contributed by atoms with E-state index in [1.165, 1.54) is 0 Å². The summed E-state index contributed by atoms with van der Waals surface area (Å²) in [5.74, 6) is 0.518. The molecule has 0 aliphatic heterocycles. The molecule has 0 saturated carbocycles. The monoisotopic (exact) mass is 508 g/mol. The number of halogens is 1. The minimum Gasteiger partial charge on any atom is -0.399 e. The van der Waals surface area contributed by atoms with E-state index in [0.717, 1.165) is 26.7 Å². The smallest absolute Gasteiger partial charge is 0.149 e. The molecule has 2 atom stereocenters. The Hall–Kier alpha value is -3.59. The molecule has 9 heteroatoms. The third kappa shape index (κ3) is 7.71. The second kappa shape index (κ2) is 12.8. The molecule has 0 bridgehead atoms. The van der Waals surface area contributed by atoms with Gasteiger partial charge in [-0.05, 0) is 60.0 Å². The highest BCUT2D eigenvalue weighted by atomic mass is 35.5. The third-order valence-corrected chi connectivity index (χ3v) is 6.63. The van der Waals surface area contributed by atoms with E-state index in [0.29, 0.717) is 24.5 Å². The summed E-state index contributed by atoms with van der Waals surface area (Å²) in [5.41, 5.74) is 26.4. The summed E-state index contributed by atoms with van der Waals surface area (Å²) in [4.78, 5) is 4.77. The lowest BCUT2D eigenvalue weighted by atomic mass is 9.88. The molecule has 1 aromatic heterocycles. The number of anilines is 4. The molecule has 0 fully saturated rings. The van der Waals surface area contributed by atoms with Crippen molar-refractivity contribution in [3.05, 3.63) is 107 Å². The summed E-state index contributed by atoms with van der Waals surface area (Å²) in [6.45, 7) is 0.530. The molecular formula is C26H29ClN6OS. The van der Waals surface area contributed by atoms with Gasteiger partial charge in [0.15, 0.2) is 0 Å². The van der Waals surface area contributed by atoms with Crippen LogP contribution in [0.25, 0.3) is 0 Å². The highest BCUT2D eigenvalue weighted by Crippen LogP contribution is 2.34. The number of benzene rings is 3. The number of nitrogens with zero attached hydrogens (tertiary/aromatic N) is 1. The van der Waals surface area contributed by atoms with Crippen LogP contribution in [0.2, 0.25) is 5.02 Å². The van der Waals surface area contributed by atoms with Crippen molar-refractivity contribution < 1.29 is 4.21 Å². The summed E-state index contributed by atoms with van der Waals surface area (Å²) in [6.07, 6.45) is 0.676. The van der Waals surface area contributed by atoms with Gasteiger partial charge in [0, 0.05) is 23.2 Å². The fourth-order valence-electron chi connectivity index (χ4n) is 3.48. The Labute approximate surface area is 213 Å². The number of pyridine rings is 1. The van der Waals surface area contributed by atoms with Gasteiger partial charge >= 0.3 is 0 Å². The maximum absolute atomic E-state index is 12.4. The van der Waals surface area contributed by atoms with E-state index in [2.05, 4.69) is 9.71 Å². The van der Waals surface area contributed by atoms with Gasteiger partial charge in [0.05, 0.1) is 10.6 Å². The van der Waals surface area contributed by atoms with Crippen LogP contribution >= 0.6 is 11.6 Å². The van der Waals surface area contributed by atoms with E-state index in [9.17, 15) is 4.21 Å². The van der Waals surface area contributed by atoms with Gasteiger partial charge < -0.3 is 22.9 Å². The van der Waals surface area contributed by atoms with E-state index >= 15 is 0 Å². The first kappa shape index (κ1) is 26.0. The van der Waals surface area contributed by atoms with Crippen LogP contribution in [-0.2, 0) is 11.0 Å². The molecule has 0 spiro atoms. The largest absolute Gasteiger partial charge is 0.399 e. The van der Waals surface area contributed by atoms with Gasteiger partial charge in [0.25, 0.3) is 0 Å². The Balaban J connectivity index is 0.000000363. The zero-order chi connectivity index (χ0) is 25.2. The molecule has 182 valence electrons. The van der Waals surface area contributed by atoms with Gasteiger partial charge in [-0.3, -0.25) is 0 Å². The van der Waals surface area contributed by atoms with Crippen molar-refractivity contribution in [2.24, 2.45) is 0 Å². The summed E-state index contributed by atoms with van der Waals surface area (Å²) in [7, 11) is -1.27. The molecule has 1 heterocycles. The SMILES string of the molecule is Nc1cc(C(CCNS(=O)c2ccccc2)c2ccccc2)c(N)c(N)n1.Nc1ccc(Cl)cc1. The summed E-state index contributed by atoms with van der Waals surface area (Å²) < 4.78 is 15.5. The Bertz CT molecular complexity index is 1220. The highest BCUT2D eigenvalue weighted by molar-refractivity contribution is 7.83. The third-order valence-electron chi connectivity index (χ3n) is 5.21. The molecule has 0 amide bonds. The first-order chi connectivity index (χ1) is 16.8. The quantitative estimate of drug-likeness (QED) is 0.231. The normalized spacial score (nSPS) is 12.3. The Morgan fingerprint density at radius 3 is 2.06 bits per heavy atom. The summed E-state index contributed by atoms with van der Waals surface area (Å²) >= 11 is 5.56. The van der Waals surface area contributed by atoms with Crippen molar-refractivity contribution in [2.45, 2.75) is 17.2 Å². The Morgan fingerprint density at radius 1 is 0.857 bits per heavy atom. The molecule has 2 unspecified atom stereocenters. The number of hydrogen-bond donors (Lipinski definition) is 5. The predicted molar refractivity (Wildman–Crippen MR) is 147 cm³/mol. The van der Waals surface area contributed by atoms with Crippen molar-refractivity contribution in [3.63, 3.8) is 0 Å². The molecular weight excluding hydrogens is 480 g/mol. The lowest BCUT2D eigenvalue weighted by Gasteiger charge is -2.21. The zero-order valence-corrected chi connectivity index (χ0v) is 20.7. The number of hydrogen-bond acceptors (Lipinski definition) is 6. The summed E-state index contributed by atoms with van der Waals surface area (Å²) in [5, 5.41) is 0.721. The number of aromatic nitrogens is 1. The van der Waals surface area contributed by atoms with Crippen molar-refractivity contribution in [2.75, 3.05) is 29.5 Å². The topological polar surface area (TPSA) is 146 Å². The van der Waals surface area contributed by atoms with Crippen molar-refractivity contribution >= 4 is 45.6 Å². The zero-order valence-electron chi connectivity index (χ0n) is 19.1. The highest BCUT2D eigenvalue weighted by Gasteiger charge is 2.19. The number of nitrogens with two attached hydrogens (primary N) is 4. The van der Waals surface area contributed by atoms with Crippen LogP contribution in [0.1, 0.15) is 23.5 Å². The summed E-state index contributed by atoms with van der Waals surface area (Å²) in [6, 6.07) is 28.1. The molecule has 7 nitrogen and oxygen atoms in total. The van der Waals surface area contributed by atoms with Crippen molar-refractivity contribution in [3.8, 4) is 0 Å². The van der Waals surface area contributed by atoms with Crippen LogP contribution in [0.4, 0.5) is 23.0 Å². The Morgan fingerprint density at radius 2 is 1.46 bits per heavy atom. The number of nitrogen functional groups attached to an aromatic ring is 4. The molecule has 4 aromatic rings. The van der Waals surface area contributed by atoms with Gasteiger partial charge in [-0.25, -0.2) is 13.9 Å². The van der Waals surface area contributed by atoms with E-state index < -0.39 is 11.0 Å². The molecule has 0 aliphatic rings. The average molecular weight is 509 g/mol. The van der Waals surface area contributed by atoms with Crippen LogP contribution < -0.4 is 27.7 Å². The van der Waals surface area contributed by atoms with Crippen molar-refractivity contribution in [1.82, 2.24) is 9.71 Å². The van der Waals surface area contributed by atoms with Crippen molar-refractivity contribution in [1.29, 1.82) is 0 Å². The first-order valence-electron chi connectivity index (χ1n) is 10.9. The van der Waals surface area contributed by atoms with Crippen LogP contribution in [-0.4, -0.2) is 15.7 Å². The number of nitrogens with one attached hydrogen (secondary N) is 1. The molecule has 0 radical (unpaired) electrons. The van der Waals surface area contributed by atoms with Crippen LogP contribution in [0, 0.1) is 0 Å². The fourth-order valence-corrected chi connectivity index (χ4v) is 4.48.